The lowest BCUT2D eigenvalue weighted by atomic mass is 9.95. The third kappa shape index (κ3) is 14.6. The minimum atomic E-state index is -2.35. The second-order valence-electron chi connectivity index (χ2n) is 25.3. The molecule has 0 radical (unpaired) electrons. The number of H-pyrrole nitrogens is 1. The van der Waals surface area contributed by atoms with Gasteiger partial charge in [-0.15, -0.1) is 0 Å². The lowest BCUT2D eigenvalue weighted by Gasteiger charge is -2.50. The summed E-state index contributed by atoms with van der Waals surface area (Å²) in [6.45, 7) is -5.82. The van der Waals surface area contributed by atoms with E-state index in [-0.39, 0.29) is 17.7 Å². The Labute approximate surface area is 563 Å². The fraction of sp³-hybridized carbons (Fsp3) is 0.810. The van der Waals surface area contributed by atoms with Gasteiger partial charge >= 0.3 is 22.4 Å². The van der Waals surface area contributed by atoms with Crippen molar-refractivity contribution in [2.45, 2.75) is 241 Å². The number of aliphatic hydroxyl groups excluding tert-OH is 20. The molecule has 42 nitrogen and oxygen atoms in total. The predicted octanol–water partition coefficient (Wildman–Crippen LogP) is -16.1. The van der Waals surface area contributed by atoms with Crippen molar-refractivity contribution in [2.24, 2.45) is 12.0 Å². The smallest absolute Gasteiger partial charge is 0.418 e. The summed E-state index contributed by atoms with van der Waals surface area (Å²) < 4.78 is 85.1. The summed E-state index contributed by atoms with van der Waals surface area (Å²) in [5, 5.41) is 240. The largest absolute Gasteiger partial charge is 0.862 e. The van der Waals surface area contributed by atoms with E-state index in [9.17, 15) is 117 Å². The Bertz CT molecular complexity index is 3360. The molecule has 0 spiro atoms. The second-order valence-corrected chi connectivity index (χ2v) is 25.3. The average molecular weight is 1450 g/mol. The van der Waals surface area contributed by atoms with Crippen molar-refractivity contribution in [1.82, 2.24) is 9.13 Å². The Morgan fingerprint density at radius 1 is 0.440 bits per heavy atom. The van der Waals surface area contributed by atoms with E-state index >= 15 is 0 Å². The van der Waals surface area contributed by atoms with Crippen LogP contribution >= 0.6 is 0 Å². The van der Waals surface area contributed by atoms with Crippen LogP contribution in [0, 0.1) is 0 Å². The van der Waals surface area contributed by atoms with Gasteiger partial charge in [-0.25, -0.2) is 14.3 Å². The van der Waals surface area contributed by atoms with Crippen LogP contribution in [0.5, 0.6) is 0 Å². The SMILES string of the molecule is CC[n+]1c2ccccc2[nH+]c2c1c(=O)n(C)c(=O)n2CCC([O-])=NC[C@H]1O[C@@H]2O[C@H]3[C@H](O)[C@@H](O)[C@@H](O[C@H]4[C@H](O)[C@@H](O)[C@@H](O[C@H]5[C@H](O)[C@@H](O)[C@@H](O[C@H]6[C@H](O)[C@@H](O)[C@@H](O[C@H]7[C@H](O)[C@@H](O)[C@@H](O[C@H]8[C@H](O)[C@@H](O)[C@@H](O[C@H]1[C@H](O)[C@H]2O)O[C@@H]8CO)O[C@@H]7CO)O[C@@H]6CO)O[C@@H]5CO)O[C@@H]4CO)O[C@@H]3CO. The van der Waals surface area contributed by atoms with Crippen LogP contribution in [-0.4, -0.2) is 378 Å². The molecule has 2 aromatic heterocycles. The maximum Gasteiger partial charge on any atom is 0.418 e. The van der Waals surface area contributed by atoms with Crippen LogP contribution in [0.2, 0.25) is 0 Å². The number of nitrogens with zero attached hydrogens (tertiary/aromatic N) is 4. The molecule has 21 N–H and O–H groups in total. The molecule has 0 amide bonds. The molecule has 14 bridgehead atoms. The predicted molar refractivity (Wildman–Crippen MR) is 312 cm³/mol. The van der Waals surface area contributed by atoms with E-state index in [0.717, 1.165) is 9.13 Å². The van der Waals surface area contributed by atoms with Crippen molar-refractivity contribution < 1.29 is 183 Å². The summed E-state index contributed by atoms with van der Waals surface area (Å²) in [4.78, 5) is 34.6. The number of aromatic amines is 1. The Hall–Kier alpha value is -4.39. The molecule has 0 aliphatic carbocycles. The number of aryl methyl sites for hydroxylation is 2. The van der Waals surface area contributed by atoms with Crippen molar-refractivity contribution in [3.8, 4) is 0 Å². The van der Waals surface area contributed by atoms with E-state index in [1.165, 1.54) is 7.05 Å². The Kier molecular flexibility index (Phi) is 24.7. The lowest BCUT2D eigenvalue weighted by molar-refractivity contribution is -0.647. The van der Waals surface area contributed by atoms with Gasteiger partial charge in [-0.2, -0.15) is 9.13 Å². The monoisotopic (exact) mass is 1440 g/mol. The van der Waals surface area contributed by atoms with Crippen molar-refractivity contribution in [2.75, 3.05) is 46.2 Å². The van der Waals surface area contributed by atoms with Gasteiger partial charge in [-0.1, -0.05) is 12.1 Å². The summed E-state index contributed by atoms with van der Waals surface area (Å²) in [6, 6.07) is 6.94. The van der Waals surface area contributed by atoms with Gasteiger partial charge in [-0.05, 0) is 18.9 Å². The van der Waals surface area contributed by atoms with Gasteiger partial charge in [0.05, 0.1) is 46.2 Å². The molecule has 3 aromatic rings. The van der Waals surface area contributed by atoms with Gasteiger partial charge in [0, 0.05) is 19.5 Å². The highest BCUT2D eigenvalue weighted by Crippen LogP contribution is 2.39. The number of hydrogen-bond donors (Lipinski definition) is 20. The lowest BCUT2D eigenvalue weighted by Crippen LogP contribution is -2.68. The number of nitrogens with one attached hydrogen (secondary N) is 1. The third-order valence-electron chi connectivity index (χ3n) is 19.2. The normalized spacial score (nSPS) is 45.6. The summed E-state index contributed by atoms with van der Waals surface area (Å²) in [7, 11) is 1.25. The highest BCUT2D eigenvalue weighted by Gasteiger charge is 2.60. The first kappa shape index (κ1) is 76.7. The van der Waals surface area contributed by atoms with Crippen LogP contribution in [0.3, 0.4) is 0 Å². The first-order chi connectivity index (χ1) is 47.7. The number of aromatic nitrogens is 4. The van der Waals surface area contributed by atoms with Crippen molar-refractivity contribution in [3.05, 3.63) is 45.1 Å². The second kappa shape index (κ2) is 32.1. The van der Waals surface area contributed by atoms with E-state index in [1.54, 1.807) is 35.8 Å². The number of fused-ring (bicyclic) bond motifs is 2. The molecule has 23 heterocycles. The van der Waals surface area contributed by atoms with Gasteiger partial charge in [0.1, 0.15) is 184 Å². The molecule has 24 rings (SSSR count). The third-order valence-corrected chi connectivity index (χ3v) is 19.2. The summed E-state index contributed by atoms with van der Waals surface area (Å²) in [5.41, 5.74) is -0.186. The molecule has 21 fully saturated rings. The summed E-state index contributed by atoms with van der Waals surface area (Å²) >= 11 is 0. The first-order valence-electron chi connectivity index (χ1n) is 32.3. The quantitative estimate of drug-likeness (QED) is 0.0346. The van der Waals surface area contributed by atoms with E-state index in [2.05, 4.69) is 9.98 Å². The van der Waals surface area contributed by atoms with Crippen LogP contribution in [0.15, 0.2) is 38.8 Å². The molecule has 21 aliphatic rings. The maximum atomic E-state index is 14.0. The molecule has 35 atom stereocenters. The van der Waals surface area contributed by atoms with Crippen molar-refractivity contribution in [3.63, 3.8) is 0 Å². The zero-order chi connectivity index (χ0) is 72.2. The zero-order valence-corrected chi connectivity index (χ0v) is 53.3. The molecule has 21 saturated heterocycles. The first-order valence-corrected chi connectivity index (χ1v) is 32.3. The van der Waals surface area contributed by atoms with Gasteiger partial charge in [0.15, 0.2) is 49.5 Å². The molecule has 0 unspecified atom stereocenters. The highest BCUT2D eigenvalue weighted by atomic mass is 16.8. The maximum absolute atomic E-state index is 14.0. The number of aliphatic hydroxyl groups is 20. The number of benzene rings is 1. The van der Waals surface area contributed by atoms with Crippen LogP contribution in [0.4, 0.5) is 0 Å². The van der Waals surface area contributed by atoms with Crippen LogP contribution in [0.1, 0.15) is 13.3 Å². The molecule has 0 saturated carbocycles. The van der Waals surface area contributed by atoms with E-state index in [4.69, 9.17) is 66.3 Å². The number of ether oxygens (including phenoxy) is 14. The van der Waals surface area contributed by atoms with Gasteiger partial charge in [-0.3, -0.25) is 4.79 Å². The number of aliphatic imine (C=N–C) groups is 1. The number of hydrogen-bond acceptors (Lipinski definition) is 38. The van der Waals surface area contributed by atoms with E-state index in [0.29, 0.717) is 11.0 Å². The van der Waals surface area contributed by atoms with E-state index < -0.39 is 291 Å². The molecule has 21 aliphatic heterocycles. The molecule has 100 heavy (non-hydrogen) atoms. The Balaban J connectivity index is 0.900. The zero-order valence-electron chi connectivity index (χ0n) is 53.3. The molecular formula is C58H86N5O37+. The van der Waals surface area contributed by atoms with Crippen molar-refractivity contribution >= 4 is 28.1 Å². The summed E-state index contributed by atoms with van der Waals surface area (Å²) in [5.74, 6) is -0.965. The highest BCUT2D eigenvalue weighted by molar-refractivity contribution is 5.74. The van der Waals surface area contributed by atoms with Gasteiger partial charge in [0.25, 0.3) is 5.52 Å². The Morgan fingerprint density at radius 2 is 0.720 bits per heavy atom. The molecule has 42 heteroatoms. The molecule has 564 valence electrons. The standard InChI is InChI=1S/C58H85N5O37/c1-3-62-18-7-5-4-6-17(18)60-49-27(62)50(85)61(2)58(86)63(49)9-8-26(70)59-10-19-42-28(71)35(78)51(87-19)95-43-20(11-64)89-53(37(80)30(43)73)97-45-22(13-66)91-55(39(82)32(45)75)99-47-24(15-68)93-57(41(84)34(47)77)100-48-25(16-69)92-56(40(83)33(48)76)98-46-23(14-67)90-54(38(81)31(46)74)96-44-21(12-65)88-52(94-42)36(79)29(44)72/h4-7,19-25,28-48,51-57,64-69,71-84H,3,8-16H2,1-2H3/p+1/t19-,20-,21-,22-,23-,24-,25-,28-,29-,30-,31-,32-,33-,34-,35-,36-,37-,38-,39-,40-,41-,42-,43-,44-,45-,46-,47-,48-,51-,52-,53-,54-,55-,56-,57-/m1/s1. The fourth-order valence-electron chi connectivity index (χ4n) is 13.6. The van der Waals surface area contributed by atoms with Gasteiger partial charge in [0.2, 0.25) is 0 Å². The minimum Gasteiger partial charge on any atom is -0.862 e. The van der Waals surface area contributed by atoms with Crippen LogP contribution < -0.4 is 25.9 Å². The van der Waals surface area contributed by atoms with Gasteiger partial charge < -0.3 is 179 Å². The summed E-state index contributed by atoms with van der Waals surface area (Å²) in [6.07, 6.45) is -73.7. The van der Waals surface area contributed by atoms with Crippen molar-refractivity contribution in [1.29, 1.82) is 0 Å². The Morgan fingerprint density at radius 3 is 1.01 bits per heavy atom. The van der Waals surface area contributed by atoms with Crippen LogP contribution in [0.25, 0.3) is 22.2 Å². The number of para-hydroxylation sites is 2. The molecular weight excluding hydrogens is 1360 g/mol. The number of rotatable bonds is 12. The topological polar surface area (TPSA) is 631 Å². The fourth-order valence-corrected chi connectivity index (χ4v) is 13.6. The average Bonchev–Trinajstić information content (AvgIpc) is 0.745. The molecule has 1 aromatic carbocycles. The van der Waals surface area contributed by atoms with Crippen LogP contribution in [-0.2, 0) is 86.5 Å². The minimum absolute atomic E-state index is 0.0524. The van der Waals surface area contributed by atoms with E-state index in [1.807, 2.05) is 0 Å².